The van der Waals surface area contributed by atoms with Gasteiger partial charge in [-0.1, -0.05) is 19.8 Å². The molecule has 124 valence electrons. The molecule has 4 atom stereocenters. The van der Waals surface area contributed by atoms with Crippen LogP contribution in [0.1, 0.15) is 39.0 Å². The molecular formula is C16H26N2O4. The third kappa shape index (κ3) is 2.37. The number of rotatable bonds is 4. The van der Waals surface area contributed by atoms with E-state index in [9.17, 15) is 9.59 Å². The standard InChI is InChI=1S/C16H26N2O4/c1-10(14(19)20)9-18(2)15(21)17-12-11-5-8-22-13(11)16(12)6-3-4-7-16/h10-13H,3-9H2,1-2H3,(H,17,21)(H,19,20). The predicted molar refractivity (Wildman–Crippen MR) is 80.5 cm³/mol. The summed E-state index contributed by atoms with van der Waals surface area (Å²) in [4.78, 5) is 24.8. The molecular weight excluding hydrogens is 284 g/mol. The topological polar surface area (TPSA) is 78.9 Å². The van der Waals surface area contributed by atoms with Crippen LogP contribution in [0.3, 0.4) is 0 Å². The van der Waals surface area contributed by atoms with Crippen molar-refractivity contribution in [3.8, 4) is 0 Å². The Morgan fingerprint density at radius 3 is 2.73 bits per heavy atom. The lowest BCUT2D eigenvalue weighted by atomic mass is 9.54. The van der Waals surface area contributed by atoms with Crippen LogP contribution in [-0.4, -0.2) is 54.4 Å². The molecule has 3 fully saturated rings. The van der Waals surface area contributed by atoms with Crippen LogP contribution in [0, 0.1) is 17.3 Å². The third-order valence-corrected chi connectivity index (χ3v) is 5.88. The SMILES string of the molecule is CC(CN(C)C(=O)NC1C2CCOC2C12CCCC2)C(=O)O. The first-order valence-corrected chi connectivity index (χ1v) is 8.32. The van der Waals surface area contributed by atoms with Crippen molar-refractivity contribution in [1.29, 1.82) is 0 Å². The van der Waals surface area contributed by atoms with Crippen molar-refractivity contribution < 1.29 is 19.4 Å². The maximum Gasteiger partial charge on any atom is 0.317 e. The van der Waals surface area contributed by atoms with Gasteiger partial charge in [-0.2, -0.15) is 0 Å². The summed E-state index contributed by atoms with van der Waals surface area (Å²) in [6.07, 6.45) is 6.04. The molecule has 2 amide bonds. The Kier molecular flexibility index (Phi) is 4.05. The molecule has 1 heterocycles. The zero-order valence-electron chi connectivity index (χ0n) is 13.4. The van der Waals surface area contributed by atoms with Crippen LogP contribution in [-0.2, 0) is 9.53 Å². The van der Waals surface area contributed by atoms with Crippen LogP contribution in [0.15, 0.2) is 0 Å². The molecule has 3 rings (SSSR count). The fourth-order valence-electron chi connectivity index (χ4n) is 4.72. The van der Waals surface area contributed by atoms with E-state index in [-0.39, 0.29) is 24.0 Å². The number of hydrogen-bond donors (Lipinski definition) is 2. The van der Waals surface area contributed by atoms with Gasteiger partial charge >= 0.3 is 12.0 Å². The molecule has 0 aromatic heterocycles. The second-order valence-electron chi connectivity index (χ2n) is 7.23. The van der Waals surface area contributed by atoms with Crippen LogP contribution >= 0.6 is 0 Å². The van der Waals surface area contributed by atoms with Gasteiger partial charge in [0.05, 0.1) is 12.0 Å². The highest BCUT2D eigenvalue weighted by molar-refractivity contribution is 5.76. The Labute approximate surface area is 131 Å². The second-order valence-corrected chi connectivity index (χ2v) is 7.23. The maximum absolute atomic E-state index is 12.4. The smallest absolute Gasteiger partial charge is 0.317 e. The molecule has 0 aromatic rings. The van der Waals surface area contributed by atoms with Crippen molar-refractivity contribution in [2.45, 2.75) is 51.2 Å². The van der Waals surface area contributed by atoms with E-state index >= 15 is 0 Å². The van der Waals surface area contributed by atoms with E-state index in [0.29, 0.717) is 12.0 Å². The van der Waals surface area contributed by atoms with Crippen LogP contribution < -0.4 is 5.32 Å². The highest BCUT2D eigenvalue weighted by Gasteiger charge is 2.65. The average Bonchev–Trinajstić information content (AvgIpc) is 3.12. The molecule has 1 saturated heterocycles. The van der Waals surface area contributed by atoms with Crippen LogP contribution in [0.5, 0.6) is 0 Å². The molecule has 2 N–H and O–H groups in total. The quantitative estimate of drug-likeness (QED) is 0.828. The summed E-state index contributed by atoms with van der Waals surface area (Å²) in [5.74, 6) is -0.993. The molecule has 0 aromatic carbocycles. The number of urea groups is 1. The molecule has 6 heteroatoms. The number of carboxylic acid groups (broad SMARTS) is 1. The number of carbonyl (C=O) groups excluding carboxylic acids is 1. The summed E-state index contributed by atoms with van der Waals surface area (Å²) < 4.78 is 5.92. The van der Waals surface area contributed by atoms with E-state index < -0.39 is 11.9 Å². The largest absolute Gasteiger partial charge is 0.481 e. The van der Waals surface area contributed by atoms with Crippen LogP contribution in [0.4, 0.5) is 4.79 Å². The number of fused-ring (bicyclic) bond motifs is 2. The number of ether oxygens (including phenoxy) is 1. The minimum absolute atomic E-state index is 0.135. The van der Waals surface area contributed by atoms with Crippen molar-refractivity contribution in [1.82, 2.24) is 10.2 Å². The monoisotopic (exact) mass is 310 g/mol. The highest BCUT2D eigenvalue weighted by atomic mass is 16.5. The molecule has 3 aliphatic rings. The van der Waals surface area contributed by atoms with Gasteiger partial charge in [-0.05, 0) is 19.3 Å². The Morgan fingerprint density at radius 1 is 1.41 bits per heavy atom. The van der Waals surface area contributed by atoms with E-state index in [1.807, 2.05) is 0 Å². The molecule has 22 heavy (non-hydrogen) atoms. The molecule has 1 spiro atoms. The van der Waals surface area contributed by atoms with Gasteiger partial charge in [-0.25, -0.2) is 4.79 Å². The summed E-state index contributed by atoms with van der Waals surface area (Å²) in [5.41, 5.74) is 0.135. The lowest BCUT2D eigenvalue weighted by Gasteiger charge is -2.57. The lowest BCUT2D eigenvalue weighted by molar-refractivity contribution is -0.141. The Bertz CT molecular complexity index is 461. The fraction of sp³-hybridized carbons (Fsp3) is 0.875. The van der Waals surface area contributed by atoms with E-state index in [1.165, 1.54) is 17.7 Å². The second kappa shape index (κ2) is 5.72. The zero-order valence-corrected chi connectivity index (χ0v) is 13.4. The zero-order chi connectivity index (χ0) is 15.9. The average molecular weight is 310 g/mol. The molecule has 0 radical (unpaired) electrons. The van der Waals surface area contributed by atoms with E-state index in [4.69, 9.17) is 9.84 Å². The number of carbonyl (C=O) groups is 2. The number of nitrogens with one attached hydrogen (secondary N) is 1. The first-order chi connectivity index (χ1) is 10.5. The third-order valence-electron chi connectivity index (χ3n) is 5.88. The minimum Gasteiger partial charge on any atom is -0.481 e. The van der Waals surface area contributed by atoms with E-state index in [2.05, 4.69) is 5.32 Å². The highest BCUT2D eigenvalue weighted by Crippen LogP contribution is 2.60. The Morgan fingerprint density at radius 2 is 2.09 bits per heavy atom. The normalized spacial score (nSPS) is 33.1. The summed E-state index contributed by atoms with van der Waals surface area (Å²) in [7, 11) is 1.66. The molecule has 0 bridgehead atoms. The molecule has 1 aliphatic heterocycles. The van der Waals surface area contributed by atoms with Crippen molar-refractivity contribution in [3.63, 3.8) is 0 Å². The summed E-state index contributed by atoms with van der Waals surface area (Å²) in [5, 5.41) is 12.1. The van der Waals surface area contributed by atoms with Gasteiger partial charge in [0.25, 0.3) is 0 Å². The number of nitrogens with zero attached hydrogens (tertiary/aromatic N) is 1. The van der Waals surface area contributed by atoms with E-state index in [1.54, 1.807) is 14.0 Å². The maximum atomic E-state index is 12.4. The van der Waals surface area contributed by atoms with Gasteiger partial charge in [0.2, 0.25) is 0 Å². The van der Waals surface area contributed by atoms with Crippen molar-refractivity contribution >= 4 is 12.0 Å². The van der Waals surface area contributed by atoms with Crippen LogP contribution in [0.25, 0.3) is 0 Å². The number of hydrogen-bond acceptors (Lipinski definition) is 3. The lowest BCUT2D eigenvalue weighted by Crippen LogP contribution is -2.69. The van der Waals surface area contributed by atoms with Crippen molar-refractivity contribution in [2.24, 2.45) is 17.3 Å². The number of carboxylic acids is 1. The fourth-order valence-corrected chi connectivity index (χ4v) is 4.72. The van der Waals surface area contributed by atoms with Gasteiger partial charge in [0, 0.05) is 37.6 Å². The summed E-state index contributed by atoms with van der Waals surface area (Å²) in [6.45, 7) is 2.65. The van der Waals surface area contributed by atoms with E-state index in [0.717, 1.165) is 25.9 Å². The first-order valence-electron chi connectivity index (χ1n) is 8.32. The Hall–Kier alpha value is -1.30. The molecule has 2 aliphatic carbocycles. The van der Waals surface area contributed by atoms with Crippen molar-refractivity contribution in [2.75, 3.05) is 20.2 Å². The van der Waals surface area contributed by atoms with Crippen molar-refractivity contribution in [3.05, 3.63) is 0 Å². The Balaban J connectivity index is 1.62. The molecule has 4 unspecified atom stereocenters. The number of aliphatic carboxylic acids is 1. The van der Waals surface area contributed by atoms with Gasteiger partial charge in [-0.15, -0.1) is 0 Å². The summed E-state index contributed by atoms with van der Waals surface area (Å²) >= 11 is 0. The van der Waals surface area contributed by atoms with Crippen LogP contribution in [0.2, 0.25) is 0 Å². The molecule has 6 nitrogen and oxygen atoms in total. The van der Waals surface area contributed by atoms with Gasteiger partial charge in [0.1, 0.15) is 0 Å². The summed E-state index contributed by atoms with van der Waals surface area (Å²) in [6, 6.07) is 0.0345. The minimum atomic E-state index is -0.875. The van der Waals surface area contributed by atoms with Gasteiger partial charge in [0.15, 0.2) is 0 Å². The van der Waals surface area contributed by atoms with Gasteiger partial charge < -0.3 is 20.1 Å². The van der Waals surface area contributed by atoms with Gasteiger partial charge in [-0.3, -0.25) is 4.79 Å². The molecule has 2 saturated carbocycles. The first kappa shape index (κ1) is 15.6. The predicted octanol–water partition coefficient (Wildman–Crippen LogP) is 1.70. The number of amides is 2.